The van der Waals surface area contributed by atoms with Crippen LogP contribution in [0.1, 0.15) is 33.3 Å². The number of methoxy groups -OCH3 is 1. The highest BCUT2D eigenvalue weighted by atomic mass is 16.5. The number of amides is 1. The average molecular weight is 277 g/mol. The molecule has 0 unspecified atom stereocenters. The van der Waals surface area contributed by atoms with Crippen molar-refractivity contribution in [2.75, 3.05) is 7.11 Å². The van der Waals surface area contributed by atoms with E-state index in [1.807, 2.05) is 24.3 Å². The van der Waals surface area contributed by atoms with Gasteiger partial charge in [-0.2, -0.15) is 0 Å². The summed E-state index contributed by atoms with van der Waals surface area (Å²) in [5, 5.41) is 12.8. The maximum atomic E-state index is 11.9. The van der Waals surface area contributed by atoms with Gasteiger partial charge in [-0.05, 0) is 39.8 Å². The van der Waals surface area contributed by atoms with Crippen molar-refractivity contribution in [1.82, 2.24) is 5.32 Å². The Morgan fingerprint density at radius 2 is 1.85 bits per heavy atom. The van der Waals surface area contributed by atoms with E-state index in [1.165, 1.54) is 6.08 Å². The summed E-state index contributed by atoms with van der Waals surface area (Å²) >= 11 is 0. The van der Waals surface area contributed by atoms with Crippen LogP contribution in [0.2, 0.25) is 0 Å². The highest BCUT2D eigenvalue weighted by molar-refractivity contribution is 5.92. The number of carbonyl (C=O) groups excluding carboxylic acids is 1. The van der Waals surface area contributed by atoms with Gasteiger partial charge in [0.1, 0.15) is 5.75 Å². The van der Waals surface area contributed by atoms with Gasteiger partial charge in [-0.3, -0.25) is 4.79 Å². The Bertz CT molecular complexity index is 499. The summed E-state index contributed by atoms with van der Waals surface area (Å²) in [6.45, 7) is 6.89. The predicted octanol–water partition coefficient (Wildman–Crippen LogP) is 2.37. The molecule has 0 spiro atoms. The van der Waals surface area contributed by atoms with E-state index in [4.69, 9.17) is 4.74 Å². The van der Waals surface area contributed by atoms with Gasteiger partial charge in [-0.25, -0.2) is 0 Å². The third-order valence-corrected chi connectivity index (χ3v) is 3.52. The summed E-state index contributed by atoms with van der Waals surface area (Å²) in [5.41, 5.74) is -0.915. The third-order valence-electron chi connectivity index (χ3n) is 3.52. The molecule has 2 N–H and O–H groups in total. The van der Waals surface area contributed by atoms with Crippen LogP contribution in [0.15, 0.2) is 30.3 Å². The van der Waals surface area contributed by atoms with Crippen LogP contribution >= 0.6 is 0 Å². The summed E-state index contributed by atoms with van der Waals surface area (Å²) in [7, 11) is 1.59. The summed E-state index contributed by atoms with van der Waals surface area (Å²) in [4.78, 5) is 11.9. The van der Waals surface area contributed by atoms with E-state index < -0.39 is 11.1 Å². The Kier molecular flexibility index (Phi) is 4.95. The minimum absolute atomic E-state index is 0.261. The number of hydrogen-bond donors (Lipinski definition) is 2. The first-order valence-electron chi connectivity index (χ1n) is 6.53. The lowest BCUT2D eigenvalue weighted by Crippen LogP contribution is -2.57. The van der Waals surface area contributed by atoms with Crippen LogP contribution in [0.5, 0.6) is 5.75 Å². The molecule has 20 heavy (non-hydrogen) atoms. The zero-order valence-electron chi connectivity index (χ0n) is 12.7. The first kappa shape index (κ1) is 16.2. The van der Waals surface area contributed by atoms with Gasteiger partial charge in [-0.1, -0.05) is 18.2 Å². The lowest BCUT2D eigenvalue weighted by atomic mass is 9.86. The Balaban J connectivity index is 2.79. The molecule has 0 saturated heterocycles. The van der Waals surface area contributed by atoms with Gasteiger partial charge in [0.15, 0.2) is 0 Å². The second-order valence-corrected chi connectivity index (χ2v) is 5.75. The van der Waals surface area contributed by atoms with Crippen molar-refractivity contribution in [3.05, 3.63) is 35.9 Å². The minimum atomic E-state index is -1.01. The van der Waals surface area contributed by atoms with Gasteiger partial charge < -0.3 is 15.2 Å². The fraction of sp³-hybridized carbons (Fsp3) is 0.438. The van der Waals surface area contributed by atoms with Gasteiger partial charge in [0.25, 0.3) is 0 Å². The number of nitrogens with one attached hydrogen (secondary N) is 1. The molecule has 1 aromatic carbocycles. The quantitative estimate of drug-likeness (QED) is 0.812. The molecule has 0 saturated carbocycles. The van der Waals surface area contributed by atoms with E-state index in [0.29, 0.717) is 5.75 Å². The molecule has 4 heteroatoms. The van der Waals surface area contributed by atoms with Crippen molar-refractivity contribution >= 4 is 12.0 Å². The van der Waals surface area contributed by atoms with Gasteiger partial charge in [0, 0.05) is 11.6 Å². The summed E-state index contributed by atoms with van der Waals surface area (Å²) in [6.07, 6.45) is 3.12. The standard InChI is InChI=1S/C16H23NO3/c1-15(2,16(3,4)19)17-14(18)11-10-12-8-6-7-9-13(12)20-5/h6-11,19H,1-5H3,(H,17,18)/b11-10+. The van der Waals surface area contributed by atoms with Crippen molar-refractivity contribution in [3.8, 4) is 5.75 Å². The van der Waals surface area contributed by atoms with E-state index >= 15 is 0 Å². The van der Waals surface area contributed by atoms with Crippen LogP contribution < -0.4 is 10.1 Å². The van der Waals surface area contributed by atoms with E-state index in [1.54, 1.807) is 40.9 Å². The van der Waals surface area contributed by atoms with E-state index in [9.17, 15) is 9.90 Å². The Morgan fingerprint density at radius 1 is 1.25 bits per heavy atom. The van der Waals surface area contributed by atoms with Crippen molar-refractivity contribution in [1.29, 1.82) is 0 Å². The molecule has 0 radical (unpaired) electrons. The Hall–Kier alpha value is -1.81. The van der Waals surface area contributed by atoms with Crippen molar-refractivity contribution in [2.24, 2.45) is 0 Å². The van der Waals surface area contributed by atoms with Gasteiger partial charge >= 0.3 is 0 Å². The maximum absolute atomic E-state index is 11.9. The van der Waals surface area contributed by atoms with Crippen molar-refractivity contribution in [3.63, 3.8) is 0 Å². The second kappa shape index (κ2) is 6.09. The average Bonchev–Trinajstić information content (AvgIpc) is 2.34. The molecule has 1 rings (SSSR count). The molecular formula is C16H23NO3. The number of ether oxygens (including phenoxy) is 1. The molecule has 0 aliphatic carbocycles. The highest BCUT2D eigenvalue weighted by Crippen LogP contribution is 2.21. The third kappa shape index (κ3) is 4.10. The van der Waals surface area contributed by atoms with Crippen LogP contribution in [0.3, 0.4) is 0 Å². The number of rotatable bonds is 5. The molecule has 0 bridgehead atoms. The molecule has 0 fully saturated rings. The Labute approximate surface area is 120 Å². The van der Waals surface area contributed by atoms with E-state index in [-0.39, 0.29) is 5.91 Å². The van der Waals surface area contributed by atoms with Crippen LogP contribution in [-0.4, -0.2) is 29.3 Å². The van der Waals surface area contributed by atoms with E-state index in [2.05, 4.69) is 5.32 Å². The SMILES string of the molecule is COc1ccccc1/C=C/C(=O)NC(C)(C)C(C)(C)O. The molecule has 4 nitrogen and oxygen atoms in total. The van der Waals surface area contributed by atoms with Crippen LogP contribution in [0.4, 0.5) is 0 Å². The summed E-state index contributed by atoms with van der Waals surface area (Å²) < 4.78 is 5.21. The summed E-state index contributed by atoms with van der Waals surface area (Å²) in [6, 6.07) is 7.44. The molecule has 0 atom stereocenters. The fourth-order valence-electron chi connectivity index (χ4n) is 1.47. The number of para-hydroxylation sites is 1. The number of benzene rings is 1. The predicted molar refractivity (Wildman–Crippen MR) is 80.5 cm³/mol. The number of carbonyl (C=O) groups is 1. The second-order valence-electron chi connectivity index (χ2n) is 5.75. The smallest absolute Gasteiger partial charge is 0.244 e. The van der Waals surface area contributed by atoms with Crippen LogP contribution in [0.25, 0.3) is 6.08 Å². The zero-order chi connectivity index (χ0) is 15.4. The minimum Gasteiger partial charge on any atom is -0.496 e. The largest absolute Gasteiger partial charge is 0.496 e. The molecule has 1 amide bonds. The molecular weight excluding hydrogens is 254 g/mol. The molecule has 0 aliphatic rings. The maximum Gasteiger partial charge on any atom is 0.244 e. The topological polar surface area (TPSA) is 58.6 Å². The van der Waals surface area contributed by atoms with Gasteiger partial charge in [-0.15, -0.1) is 0 Å². The first-order chi connectivity index (χ1) is 9.17. The van der Waals surface area contributed by atoms with Crippen LogP contribution in [-0.2, 0) is 4.79 Å². The molecule has 0 aromatic heterocycles. The van der Waals surface area contributed by atoms with E-state index in [0.717, 1.165) is 5.56 Å². The van der Waals surface area contributed by atoms with Crippen molar-refractivity contribution < 1.29 is 14.6 Å². The molecule has 0 aliphatic heterocycles. The van der Waals surface area contributed by atoms with Gasteiger partial charge in [0.05, 0.1) is 18.2 Å². The monoisotopic (exact) mass is 277 g/mol. The summed E-state index contributed by atoms with van der Waals surface area (Å²) in [5.74, 6) is 0.446. The van der Waals surface area contributed by atoms with Crippen molar-refractivity contribution in [2.45, 2.75) is 38.8 Å². The zero-order valence-corrected chi connectivity index (χ0v) is 12.7. The lowest BCUT2D eigenvalue weighted by Gasteiger charge is -2.37. The first-order valence-corrected chi connectivity index (χ1v) is 6.53. The lowest BCUT2D eigenvalue weighted by molar-refractivity contribution is -0.121. The molecule has 0 heterocycles. The Morgan fingerprint density at radius 3 is 2.40 bits per heavy atom. The number of aliphatic hydroxyl groups is 1. The van der Waals surface area contributed by atoms with Crippen LogP contribution in [0, 0.1) is 0 Å². The molecule has 1 aromatic rings. The molecule has 110 valence electrons. The van der Waals surface area contributed by atoms with Gasteiger partial charge in [0.2, 0.25) is 5.91 Å². The highest BCUT2D eigenvalue weighted by Gasteiger charge is 2.35. The number of hydrogen-bond acceptors (Lipinski definition) is 3. The fourth-order valence-corrected chi connectivity index (χ4v) is 1.47. The normalized spacial score (nSPS) is 12.5.